The molecule has 3 unspecified atom stereocenters. The fraction of sp³-hybridized carbons (Fsp3) is 0.417. The molecule has 0 amide bonds. The Morgan fingerprint density at radius 3 is 2.88 bits per heavy atom. The summed E-state index contributed by atoms with van der Waals surface area (Å²) in [5.74, 6) is 3.05. The summed E-state index contributed by atoms with van der Waals surface area (Å²) in [7, 11) is 0. The van der Waals surface area contributed by atoms with Crippen LogP contribution < -0.4 is 5.32 Å². The molecule has 1 aromatic carbocycles. The van der Waals surface area contributed by atoms with Gasteiger partial charge in [-0.3, -0.25) is 5.10 Å². The van der Waals surface area contributed by atoms with E-state index in [2.05, 4.69) is 64.0 Å². The van der Waals surface area contributed by atoms with E-state index in [-0.39, 0.29) is 4.75 Å². The van der Waals surface area contributed by atoms with Crippen LogP contribution in [-0.4, -0.2) is 25.4 Å². The number of aromatic amines is 1. The van der Waals surface area contributed by atoms with Crippen LogP contribution in [0.3, 0.4) is 0 Å². The number of anilines is 2. The van der Waals surface area contributed by atoms with Crippen molar-refractivity contribution in [2.45, 2.75) is 49.8 Å². The molecule has 0 aliphatic heterocycles. The van der Waals surface area contributed by atoms with Crippen LogP contribution in [0.2, 0.25) is 0 Å². The molecular formula is C24H28N6S2. The minimum Gasteiger partial charge on any atom is -0.305 e. The molecule has 1 saturated carbocycles. The number of thiophene rings is 1. The second-order valence-electron chi connectivity index (χ2n) is 9.07. The molecule has 5 rings (SSSR count). The van der Waals surface area contributed by atoms with Crippen molar-refractivity contribution >= 4 is 45.8 Å². The van der Waals surface area contributed by atoms with Crippen LogP contribution in [0.5, 0.6) is 0 Å². The Kier molecular flexibility index (Phi) is 5.90. The van der Waals surface area contributed by atoms with Crippen molar-refractivity contribution in [1.29, 1.82) is 0 Å². The SMILES string of the molecule is CC1CCC(C(C)C)C(Sc2cnnc(Nc3n[nH]c4ccccc34)n2)(c2cccs2)C1. The van der Waals surface area contributed by atoms with Crippen LogP contribution in [0.15, 0.2) is 53.0 Å². The second kappa shape index (κ2) is 8.83. The zero-order valence-electron chi connectivity index (χ0n) is 18.6. The van der Waals surface area contributed by atoms with Gasteiger partial charge in [0.05, 0.1) is 16.5 Å². The molecule has 32 heavy (non-hydrogen) atoms. The van der Waals surface area contributed by atoms with Gasteiger partial charge in [0.15, 0.2) is 5.82 Å². The molecule has 166 valence electrons. The van der Waals surface area contributed by atoms with Gasteiger partial charge in [-0.2, -0.15) is 10.2 Å². The highest BCUT2D eigenvalue weighted by Gasteiger charge is 2.47. The number of rotatable bonds is 6. The van der Waals surface area contributed by atoms with Crippen LogP contribution in [0.1, 0.15) is 44.9 Å². The van der Waals surface area contributed by atoms with Crippen molar-refractivity contribution < 1.29 is 0 Å². The molecule has 8 heteroatoms. The number of hydrogen-bond acceptors (Lipinski definition) is 7. The third-order valence-corrected chi connectivity index (χ3v) is 9.12. The van der Waals surface area contributed by atoms with Crippen molar-refractivity contribution in [3.8, 4) is 0 Å². The number of H-pyrrole nitrogens is 1. The fourth-order valence-electron chi connectivity index (χ4n) is 5.05. The first-order valence-electron chi connectivity index (χ1n) is 11.2. The molecule has 6 nitrogen and oxygen atoms in total. The number of aromatic nitrogens is 5. The molecule has 0 spiro atoms. The lowest BCUT2D eigenvalue weighted by molar-refractivity contribution is 0.175. The number of para-hydroxylation sites is 1. The minimum absolute atomic E-state index is 0.00628. The largest absolute Gasteiger partial charge is 0.305 e. The maximum Gasteiger partial charge on any atom is 0.249 e. The van der Waals surface area contributed by atoms with E-state index in [0.717, 1.165) is 22.3 Å². The van der Waals surface area contributed by atoms with E-state index in [1.54, 1.807) is 6.20 Å². The number of nitrogens with one attached hydrogen (secondary N) is 2. The van der Waals surface area contributed by atoms with Crippen molar-refractivity contribution in [2.24, 2.45) is 17.8 Å². The summed E-state index contributed by atoms with van der Waals surface area (Å²) in [6.07, 6.45) is 5.48. The summed E-state index contributed by atoms with van der Waals surface area (Å²) in [5, 5.41) is 23.3. The molecule has 4 aromatic rings. The normalized spacial score (nSPS) is 23.6. The van der Waals surface area contributed by atoms with Gasteiger partial charge in [0.1, 0.15) is 5.03 Å². The number of thioether (sulfide) groups is 1. The Morgan fingerprint density at radius 1 is 1.19 bits per heavy atom. The molecule has 1 aliphatic rings. The van der Waals surface area contributed by atoms with E-state index in [0.29, 0.717) is 29.5 Å². The molecule has 2 N–H and O–H groups in total. The summed E-state index contributed by atoms with van der Waals surface area (Å²) in [5.41, 5.74) is 0.973. The molecular weight excluding hydrogens is 436 g/mol. The molecule has 0 saturated heterocycles. The molecule has 0 radical (unpaired) electrons. The van der Waals surface area contributed by atoms with Gasteiger partial charge in [0.2, 0.25) is 5.95 Å². The molecule has 1 aliphatic carbocycles. The second-order valence-corrected chi connectivity index (χ2v) is 11.4. The van der Waals surface area contributed by atoms with Crippen LogP contribution in [0.25, 0.3) is 10.9 Å². The van der Waals surface area contributed by atoms with Crippen LogP contribution in [0.4, 0.5) is 11.8 Å². The zero-order valence-corrected chi connectivity index (χ0v) is 20.2. The van der Waals surface area contributed by atoms with Gasteiger partial charge in [-0.1, -0.05) is 57.2 Å². The smallest absolute Gasteiger partial charge is 0.249 e. The number of fused-ring (bicyclic) bond motifs is 1. The lowest BCUT2D eigenvalue weighted by atomic mass is 9.69. The van der Waals surface area contributed by atoms with Gasteiger partial charge in [0.25, 0.3) is 0 Å². The predicted molar refractivity (Wildman–Crippen MR) is 132 cm³/mol. The van der Waals surface area contributed by atoms with Gasteiger partial charge in [-0.05, 0) is 54.2 Å². The minimum atomic E-state index is 0.00628. The average Bonchev–Trinajstić information content (AvgIpc) is 3.45. The van der Waals surface area contributed by atoms with E-state index in [4.69, 9.17) is 4.98 Å². The lowest BCUT2D eigenvalue weighted by Crippen LogP contribution is -2.40. The third kappa shape index (κ3) is 4.01. The average molecular weight is 465 g/mol. The first-order valence-corrected chi connectivity index (χ1v) is 12.9. The van der Waals surface area contributed by atoms with E-state index >= 15 is 0 Å². The van der Waals surface area contributed by atoms with Gasteiger partial charge < -0.3 is 5.32 Å². The highest BCUT2D eigenvalue weighted by Crippen LogP contribution is 2.58. The van der Waals surface area contributed by atoms with Gasteiger partial charge in [0, 0.05) is 10.3 Å². The molecule has 3 aromatic heterocycles. The predicted octanol–water partition coefficient (Wildman–Crippen LogP) is 6.63. The summed E-state index contributed by atoms with van der Waals surface area (Å²) in [6.45, 7) is 7.10. The number of hydrogen-bond donors (Lipinski definition) is 2. The summed E-state index contributed by atoms with van der Waals surface area (Å²) in [6, 6.07) is 12.5. The van der Waals surface area contributed by atoms with Crippen LogP contribution >= 0.6 is 23.1 Å². The standard InChI is InChI=1S/C24H28N6S2/c1-15(2)18-11-10-16(3)13-24(18,20-9-6-12-31-20)32-21-14-25-30-23(26-21)27-22-17-7-4-5-8-19(17)28-29-22/h4-9,12,14-16,18H,10-11,13H2,1-3H3,(H2,26,27,28,29,30). The maximum absolute atomic E-state index is 4.85. The van der Waals surface area contributed by atoms with E-state index in [9.17, 15) is 0 Å². The van der Waals surface area contributed by atoms with Crippen molar-refractivity contribution in [2.75, 3.05) is 5.32 Å². The van der Waals surface area contributed by atoms with Gasteiger partial charge in [-0.15, -0.1) is 16.4 Å². The maximum atomic E-state index is 4.85. The molecule has 1 fully saturated rings. The molecule has 3 atom stereocenters. The summed E-state index contributed by atoms with van der Waals surface area (Å²) in [4.78, 5) is 6.29. The van der Waals surface area contributed by atoms with Gasteiger partial charge >= 0.3 is 0 Å². The summed E-state index contributed by atoms with van der Waals surface area (Å²) >= 11 is 3.73. The Labute approximate surface area is 196 Å². The molecule has 3 heterocycles. The van der Waals surface area contributed by atoms with E-state index in [1.165, 1.54) is 17.7 Å². The molecule has 0 bridgehead atoms. The Bertz CT molecular complexity index is 1190. The highest BCUT2D eigenvalue weighted by molar-refractivity contribution is 8.00. The Hall–Kier alpha value is -2.45. The van der Waals surface area contributed by atoms with Crippen molar-refractivity contribution in [3.05, 3.63) is 52.9 Å². The highest BCUT2D eigenvalue weighted by atomic mass is 32.2. The van der Waals surface area contributed by atoms with Crippen LogP contribution in [0, 0.1) is 17.8 Å². The Balaban J connectivity index is 1.48. The van der Waals surface area contributed by atoms with Crippen molar-refractivity contribution in [3.63, 3.8) is 0 Å². The zero-order chi connectivity index (χ0) is 22.1. The van der Waals surface area contributed by atoms with Crippen LogP contribution in [-0.2, 0) is 4.75 Å². The quantitative estimate of drug-likeness (QED) is 0.333. The van der Waals surface area contributed by atoms with Crippen molar-refractivity contribution in [1.82, 2.24) is 25.4 Å². The first kappa shape index (κ1) is 21.4. The fourth-order valence-corrected chi connectivity index (χ4v) is 7.90. The van der Waals surface area contributed by atoms with E-state index in [1.807, 2.05) is 47.4 Å². The van der Waals surface area contributed by atoms with Gasteiger partial charge in [-0.25, -0.2) is 4.98 Å². The summed E-state index contributed by atoms with van der Waals surface area (Å²) < 4.78 is 0.00628. The number of benzene rings is 1. The monoisotopic (exact) mass is 464 g/mol. The third-order valence-electron chi connectivity index (χ3n) is 6.49. The van der Waals surface area contributed by atoms with E-state index < -0.39 is 0 Å². The topological polar surface area (TPSA) is 79.4 Å². The number of nitrogens with zero attached hydrogens (tertiary/aromatic N) is 4. The lowest BCUT2D eigenvalue weighted by Gasteiger charge is -2.47. The first-order chi connectivity index (χ1) is 15.5. The Morgan fingerprint density at radius 2 is 2.06 bits per heavy atom.